The van der Waals surface area contributed by atoms with Crippen LogP contribution in [0.4, 0.5) is 0 Å². The average molecular weight is 388 g/mol. The Kier molecular flexibility index (Phi) is 4.39. The van der Waals surface area contributed by atoms with E-state index in [-0.39, 0.29) is 5.56 Å². The van der Waals surface area contributed by atoms with Crippen molar-refractivity contribution in [3.63, 3.8) is 0 Å². The summed E-state index contributed by atoms with van der Waals surface area (Å²) in [4.78, 5) is 20.0. The fourth-order valence-corrected chi connectivity index (χ4v) is 4.23. The Labute approximate surface area is 168 Å². The van der Waals surface area contributed by atoms with Crippen LogP contribution in [0.1, 0.15) is 31.4 Å². The van der Waals surface area contributed by atoms with E-state index in [1.807, 2.05) is 43.6 Å². The minimum atomic E-state index is -0.149. The zero-order valence-corrected chi connectivity index (χ0v) is 16.7. The Hall–Kier alpha value is -3.06. The summed E-state index contributed by atoms with van der Waals surface area (Å²) in [5.74, 6) is 0.404. The molecule has 7 heteroatoms. The summed E-state index contributed by atoms with van der Waals surface area (Å²) in [5, 5.41) is 10.1. The molecule has 0 amide bonds. The summed E-state index contributed by atoms with van der Waals surface area (Å²) in [5.41, 5.74) is 3.90. The van der Waals surface area contributed by atoms with Gasteiger partial charge in [0.15, 0.2) is 5.65 Å². The molecule has 0 atom stereocenters. The van der Waals surface area contributed by atoms with Crippen LogP contribution in [0.5, 0.6) is 0 Å². The lowest BCUT2D eigenvalue weighted by Gasteiger charge is -2.30. The second-order valence-corrected chi connectivity index (χ2v) is 7.79. The Bertz CT molecular complexity index is 1250. The van der Waals surface area contributed by atoms with Gasteiger partial charge in [-0.25, -0.2) is 4.98 Å². The molecule has 0 unspecified atom stereocenters. The van der Waals surface area contributed by atoms with Crippen molar-refractivity contribution in [1.29, 1.82) is 0 Å². The minimum absolute atomic E-state index is 0.149. The second kappa shape index (κ2) is 7.08. The Morgan fingerprint density at radius 2 is 1.90 bits per heavy atom. The average Bonchev–Trinajstić information content (AvgIpc) is 3.12. The molecule has 0 spiro atoms. The van der Waals surface area contributed by atoms with Gasteiger partial charge < -0.3 is 4.90 Å². The molecule has 1 aromatic carbocycles. The van der Waals surface area contributed by atoms with E-state index in [1.165, 1.54) is 4.52 Å². The van der Waals surface area contributed by atoms with E-state index < -0.39 is 0 Å². The predicted molar refractivity (Wildman–Crippen MR) is 113 cm³/mol. The summed E-state index contributed by atoms with van der Waals surface area (Å²) in [6.07, 6.45) is 4.12. The lowest BCUT2D eigenvalue weighted by molar-refractivity contribution is 0.220. The van der Waals surface area contributed by atoms with Gasteiger partial charge in [0.2, 0.25) is 0 Å². The minimum Gasteiger partial charge on any atom is -0.304 e. The largest absolute Gasteiger partial charge is 0.304 e. The molecule has 0 radical (unpaired) electrons. The van der Waals surface area contributed by atoms with Crippen LogP contribution in [0, 0.1) is 0 Å². The van der Waals surface area contributed by atoms with Crippen molar-refractivity contribution in [3.05, 3.63) is 58.6 Å². The zero-order chi connectivity index (χ0) is 20.0. The second-order valence-electron chi connectivity index (χ2n) is 7.79. The maximum atomic E-state index is 12.8. The molecule has 5 rings (SSSR count). The molecule has 0 N–H and O–H groups in total. The van der Waals surface area contributed by atoms with Gasteiger partial charge in [-0.2, -0.15) is 14.7 Å². The highest BCUT2D eigenvalue weighted by Crippen LogP contribution is 2.27. The Morgan fingerprint density at radius 3 is 2.69 bits per heavy atom. The van der Waals surface area contributed by atoms with Crippen LogP contribution >= 0.6 is 0 Å². The molecule has 29 heavy (non-hydrogen) atoms. The molecule has 7 nitrogen and oxygen atoms in total. The maximum absolute atomic E-state index is 12.8. The van der Waals surface area contributed by atoms with Crippen molar-refractivity contribution in [2.45, 2.75) is 25.7 Å². The fourth-order valence-electron chi connectivity index (χ4n) is 4.23. The SMILES string of the molecule is CCN1CCC(c2ccc3nc(-c4ccc5nn(C)cc5c4)cc(=O)n3n2)CC1. The van der Waals surface area contributed by atoms with E-state index in [1.54, 1.807) is 10.7 Å². The van der Waals surface area contributed by atoms with Gasteiger partial charge in [0, 0.05) is 36.2 Å². The standard InChI is InChI=1S/C22H24N6O/c1-3-27-10-8-15(9-11-27)18-6-7-21-23-20(13-22(29)28(21)25-18)16-4-5-19-17(12-16)14-26(2)24-19/h4-7,12-15H,3,8-11H2,1-2H3. The number of fused-ring (bicyclic) bond motifs is 2. The van der Waals surface area contributed by atoms with E-state index in [4.69, 9.17) is 4.98 Å². The first-order valence-corrected chi connectivity index (χ1v) is 10.2. The highest BCUT2D eigenvalue weighted by atomic mass is 16.1. The maximum Gasteiger partial charge on any atom is 0.275 e. The Balaban J connectivity index is 1.50. The van der Waals surface area contributed by atoms with Crippen LogP contribution < -0.4 is 5.56 Å². The van der Waals surface area contributed by atoms with Gasteiger partial charge >= 0.3 is 0 Å². The highest BCUT2D eigenvalue weighted by molar-refractivity contribution is 5.83. The molecule has 3 aromatic heterocycles. The lowest BCUT2D eigenvalue weighted by atomic mass is 9.93. The molecular weight excluding hydrogens is 364 g/mol. The van der Waals surface area contributed by atoms with E-state index >= 15 is 0 Å². The van der Waals surface area contributed by atoms with Gasteiger partial charge in [-0.3, -0.25) is 9.48 Å². The number of hydrogen-bond donors (Lipinski definition) is 0. The molecule has 1 aliphatic rings. The topological polar surface area (TPSA) is 68.3 Å². The monoisotopic (exact) mass is 388 g/mol. The van der Waals surface area contributed by atoms with Crippen molar-refractivity contribution in [2.24, 2.45) is 7.05 Å². The summed E-state index contributed by atoms with van der Waals surface area (Å²) >= 11 is 0. The van der Waals surface area contributed by atoms with Crippen LogP contribution in [-0.2, 0) is 7.05 Å². The fraction of sp³-hybridized carbons (Fsp3) is 0.364. The molecule has 0 aliphatic carbocycles. The van der Waals surface area contributed by atoms with E-state index in [0.717, 1.165) is 54.6 Å². The summed E-state index contributed by atoms with van der Waals surface area (Å²) in [6.45, 7) is 5.46. The number of piperidine rings is 1. The van der Waals surface area contributed by atoms with Crippen LogP contribution in [0.2, 0.25) is 0 Å². The number of hydrogen-bond acceptors (Lipinski definition) is 5. The number of rotatable bonds is 3. The molecule has 0 saturated carbocycles. The Morgan fingerprint density at radius 1 is 1.07 bits per heavy atom. The van der Waals surface area contributed by atoms with E-state index in [9.17, 15) is 4.79 Å². The highest BCUT2D eigenvalue weighted by Gasteiger charge is 2.21. The summed E-state index contributed by atoms with van der Waals surface area (Å²) in [7, 11) is 1.90. The van der Waals surface area contributed by atoms with Gasteiger partial charge in [-0.1, -0.05) is 13.0 Å². The van der Waals surface area contributed by atoms with Crippen molar-refractivity contribution in [1.82, 2.24) is 29.3 Å². The number of aryl methyl sites for hydroxylation is 1. The smallest absolute Gasteiger partial charge is 0.275 e. The molecule has 4 heterocycles. The van der Waals surface area contributed by atoms with Crippen molar-refractivity contribution in [3.8, 4) is 11.3 Å². The van der Waals surface area contributed by atoms with Gasteiger partial charge in [-0.15, -0.1) is 0 Å². The third-order valence-corrected chi connectivity index (χ3v) is 5.91. The van der Waals surface area contributed by atoms with Gasteiger partial charge in [0.1, 0.15) is 0 Å². The molecule has 4 aromatic rings. The van der Waals surface area contributed by atoms with Crippen molar-refractivity contribution < 1.29 is 0 Å². The zero-order valence-electron chi connectivity index (χ0n) is 16.7. The number of likely N-dealkylation sites (tertiary alicyclic amines) is 1. The van der Waals surface area contributed by atoms with Crippen molar-refractivity contribution >= 4 is 16.6 Å². The number of nitrogens with zero attached hydrogens (tertiary/aromatic N) is 6. The van der Waals surface area contributed by atoms with Crippen LogP contribution in [-0.4, -0.2) is 48.9 Å². The van der Waals surface area contributed by atoms with Gasteiger partial charge in [-0.05, 0) is 56.7 Å². The van der Waals surface area contributed by atoms with Crippen LogP contribution in [0.25, 0.3) is 27.8 Å². The molecule has 1 aliphatic heterocycles. The predicted octanol–water partition coefficient (Wildman–Crippen LogP) is 2.84. The third-order valence-electron chi connectivity index (χ3n) is 5.91. The quantitative estimate of drug-likeness (QED) is 0.540. The first-order chi connectivity index (χ1) is 14.1. The van der Waals surface area contributed by atoms with Gasteiger partial charge in [0.25, 0.3) is 5.56 Å². The summed E-state index contributed by atoms with van der Waals surface area (Å²) < 4.78 is 3.22. The lowest BCUT2D eigenvalue weighted by Crippen LogP contribution is -2.33. The molecule has 1 saturated heterocycles. The normalized spacial score (nSPS) is 16.1. The molecular formula is C22H24N6O. The van der Waals surface area contributed by atoms with E-state index in [0.29, 0.717) is 17.3 Å². The number of benzene rings is 1. The number of aromatic nitrogens is 5. The summed E-state index contributed by atoms with van der Waals surface area (Å²) in [6, 6.07) is 11.4. The first-order valence-electron chi connectivity index (χ1n) is 10.2. The molecule has 0 bridgehead atoms. The third kappa shape index (κ3) is 3.31. The first kappa shape index (κ1) is 18.0. The van der Waals surface area contributed by atoms with Gasteiger partial charge in [0.05, 0.1) is 16.9 Å². The van der Waals surface area contributed by atoms with Crippen molar-refractivity contribution in [2.75, 3.05) is 19.6 Å². The molecule has 1 fully saturated rings. The van der Waals surface area contributed by atoms with Crippen LogP contribution in [0.15, 0.2) is 47.4 Å². The van der Waals surface area contributed by atoms with E-state index in [2.05, 4.69) is 22.0 Å². The van der Waals surface area contributed by atoms with Crippen LogP contribution in [0.3, 0.4) is 0 Å². The molecule has 148 valence electrons.